The maximum atomic E-state index is 5.58. The Labute approximate surface area is 92.6 Å². The third kappa shape index (κ3) is 4.98. The first-order chi connectivity index (χ1) is 6.29. The van der Waals surface area contributed by atoms with Crippen molar-refractivity contribution < 1.29 is 0 Å². The summed E-state index contributed by atoms with van der Waals surface area (Å²) in [6, 6.07) is 11.4. The molecule has 1 heterocycles. The first-order valence-electron chi connectivity index (χ1n) is 3.71. The molecule has 3 heteroatoms. The fourth-order valence-electron chi connectivity index (χ4n) is 0.668. The van der Waals surface area contributed by atoms with Crippen molar-refractivity contribution in [2.75, 3.05) is 0 Å². The van der Waals surface area contributed by atoms with Gasteiger partial charge in [-0.15, -0.1) is 12.6 Å². The number of thiophene rings is 1. The molecule has 0 radical (unpaired) electrons. The average molecular weight is 229 g/mol. The number of thiol groups is 1. The topological polar surface area (TPSA) is 0 Å². The second-order valence-electron chi connectivity index (χ2n) is 2.27. The van der Waals surface area contributed by atoms with E-state index in [1.807, 2.05) is 47.2 Å². The summed E-state index contributed by atoms with van der Waals surface area (Å²) in [6.07, 6.45) is 0. The monoisotopic (exact) mass is 228 g/mol. The zero-order valence-corrected chi connectivity index (χ0v) is 9.32. The lowest BCUT2D eigenvalue weighted by Gasteiger charge is -1.87. The van der Waals surface area contributed by atoms with Crippen LogP contribution < -0.4 is 0 Å². The predicted octanol–water partition coefficient (Wildman–Crippen LogP) is 4.38. The molecule has 0 aliphatic rings. The third-order valence-corrected chi connectivity index (χ3v) is 2.43. The molecule has 0 atom stereocenters. The van der Waals surface area contributed by atoms with E-state index in [9.17, 15) is 0 Å². The summed E-state index contributed by atoms with van der Waals surface area (Å²) >= 11 is 11.4. The molecule has 2 rings (SSSR count). The van der Waals surface area contributed by atoms with Gasteiger partial charge in [0.2, 0.25) is 0 Å². The summed E-state index contributed by atoms with van der Waals surface area (Å²) in [5, 5.41) is 4.84. The highest BCUT2D eigenvalue weighted by molar-refractivity contribution is 7.80. The summed E-state index contributed by atoms with van der Waals surface area (Å²) in [6.45, 7) is 0. The molecule has 2 aromatic rings. The van der Waals surface area contributed by atoms with Gasteiger partial charge in [-0.2, -0.15) is 11.3 Å². The van der Waals surface area contributed by atoms with Crippen LogP contribution >= 0.6 is 35.6 Å². The molecule has 0 saturated carbocycles. The van der Waals surface area contributed by atoms with Crippen molar-refractivity contribution in [1.82, 2.24) is 0 Å². The lowest BCUT2D eigenvalue weighted by Crippen LogP contribution is -1.61. The number of halogens is 1. The van der Waals surface area contributed by atoms with Gasteiger partial charge < -0.3 is 0 Å². The van der Waals surface area contributed by atoms with Gasteiger partial charge in [-0.1, -0.05) is 23.7 Å². The molecular formula is C10H9ClS2. The molecule has 0 aliphatic carbocycles. The van der Waals surface area contributed by atoms with Crippen LogP contribution in [0, 0.1) is 0 Å². The molecule has 0 saturated heterocycles. The molecule has 1 aromatic carbocycles. The van der Waals surface area contributed by atoms with E-state index < -0.39 is 0 Å². The van der Waals surface area contributed by atoms with E-state index in [1.165, 1.54) is 0 Å². The first kappa shape index (κ1) is 10.6. The maximum absolute atomic E-state index is 5.58. The number of rotatable bonds is 0. The van der Waals surface area contributed by atoms with Crippen LogP contribution in [0.5, 0.6) is 0 Å². The molecule has 0 amide bonds. The Morgan fingerprint density at radius 3 is 1.85 bits per heavy atom. The predicted molar refractivity (Wildman–Crippen MR) is 63.0 cm³/mol. The van der Waals surface area contributed by atoms with Crippen LogP contribution in [0.1, 0.15) is 0 Å². The molecule has 0 spiro atoms. The lowest BCUT2D eigenvalue weighted by atomic mass is 10.4. The van der Waals surface area contributed by atoms with Crippen molar-refractivity contribution in [3.8, 4) is 0 Å². The Kier molecular flexibility index (Phi) is 4.98. The van der Waals surface area contributed by atoms with Gasteiger partial charge >= 0.3 is 0 Å². The van der Waals surface area contributed by atoms with Crippen LogP contribution in [0.2, 0.25) is 5.02 Å². The van der Waals surface area contributed by atoms with Crippen LogP contribution in [0.15, 0.2) is 52.1 Å². The van der Waals surface area contributed by atoms with E-state index in [2.05, 4.69) is 12.6 Å². The molecule has 68 valence electrons. The Bertz CT molecular complexity index is 275. The number of hydrogen-bond donors (Lipinski definition) is 1. The minimum Gasteiger partial charge on any atom is -0.152 e. The Morgan fingerprint density at radius 1 is 1.00 bits per heavy atom. The highest BCUT2D eigenvalue weighted by Crippen LogP contribution is 2.11. The van der Waals surface area contributed by atoms with Gasteiger partial charge in [-0.3, -0.25) is 0 Å². The molecule has 0 nitrogen and oxygen atoms in total. The van der Waals surface area contributed by atoms with E-state index in [1.54, 1.807) is 11.3 Å². The first-order valence-corrected chi connectivity index (χ1v) is 5.47. The van der Waals surface area contributed by atoms with Crippen molar-refractivity contribution in [1.29, 1.82) is 0 Å². The summed E-state index contributed by atoms with van der Waals surface area (Å²) in [5.41, 5.74) is 0. The van der Waals surface area contributed by atoms with Gasteiger partial charge in [0.25, 0.3) is 0 Å². The van der Waals surface area contributed by atoms with E-state index in [0.29, 0.717) is 0 Å². The zero-order chi connectivity index (χ0) is 9.52. The fourth-order valence-corrected chi connectivity index (χ4v) is 1.40. The molecule has 1 aromatic heterocycles. The van der Waals surface area contributed by atoms with E-state index in [-0.39, 0.29) is 0 Å². The molecular weight excluding hydrogens is 220 g/mol. The van der Waals surface area contributed by atoms with Crippen molar-refractivity contribution in [3.63, 3.8) is 0 Å². The van der Waals surface area contributed by atoms with Crippen molar-refractivity contribution in [2.45, 2.75) is 4.90 Å². The summed E-state index contributed by atoms with van der Waals surface area (Å²) in [5.74, 6) is 0. The summed E-state index contributed by atoms with van der Waals surface area (Å²) in [7, 11) is 0. The molecule has 13 heavy (non-hydrogen) atoms. The van der Waals surface area contributed by atoms with E-state index in [0.717, 1.165) is 9.92 Å². The quantitative estimate of drug-likeness (QED) is 0.636. The van der Waals surface area contributed by atoms with Crippen molar-refractivity contribution >= 4 is 35.6 Å². The minimum atomic E-state index is 0.753. The molecule has 0 aliphatic heterocycles. The molecule has 0 bridgehead atoms. The van der Waals surface area contributed by atoms with E-state index >= 15 is 0 Å². The maximum Gasteiger partial charge on any atom is 0.0406 e. The highest BCUT2D eigenvalue weighted by atomic mass is 35.5. The van der Waals surface area contributed by atoms with Gasteiger partial charge in [-0.05, 0) is 35.0 Å². The summed E-state index contributed by atoms with van der Waals surface area (Å²) in [4.78, 5) is 0.939. The van der Waals surface area contributed by atoms with Crippen LogP contribution in [0.3, 0.4) is 0 Å². The summed E-state index contributed by atoms with van der Waals surface area (Å²) < 4.78 is 0. The normalized spacial score (nSPS) is 8.77. The largest absolute Gasteiger partial charge is 0.152 e. The Balaban J connectivity index is 0.000000145. The Morgan fingerprint density at radius 2 is 1.54 bits per heavy atom. The van der Waals surface area contributed by atoms with Gasteiger partial charge in [0.15, 0.2) is 0 Å². The Hall–Kier alpha value is -0.440. The zero-order valence-electron chi connectivity index (χ0n) is 6.85. The molecule has 0 N–H and O–H groups in total. The number of benzene rings is 1. The SMILES string of the molecule is Sc1ccc(Cl)cc1.c1ccsc1. The number of hydrogen-bond acceptors (Lipinski definition) is 2. The van der Waals surface area contributed by atoms with Crippen LogP contribution in [-0.4, -0.2) is 0 Å². The van der Waals surface area contributed by atoms with Crippen LogP contribution in [0.25, 0.3) is 0 Å². The van der Waals surface area contributed by atoms with Crippen LogP contribution in [0.4, 0.5) is 0 Å². The van der Waals surface area contributed by atoms with Crippen LogP contribution in [-0.2, 0) is 0 Å². The second-order valence-corrected chi connectivity index (χ2v) is 4.04. The van der Waals surface area contributed by atoms with Crippen molar-refractivity contribution in [2.24, 2.45) is 0 Å². The van der Waals surface area contributed by atoms with Gasteiger partial charge in [0.05, 0.1) is 0 Å². The third-order valence-electron chi connectivity index (χ3n) is 1.25. The van der Waals surface area contributed by atoms with Gasteiger partial charge in [0.1, 0.15) is 0 Å². The molecule has 0 fully saturated rings. The van der Waals surface area contributed by atoms with E-state index in [4.69, 9.17) is 11.6 Å². The molecule has 0 unspecified atom stereocenters. The minimum absolute atomic E-state index is 0.753. The average Bonchev–Trinajstić information content (AvgIpc) is 2.68. The lowest BCUT2D eigenvalue weighted by molar-refractivity contribution is 1.48. The second kappa shape index (κ2) is 6.08. The van der Waals surface area contributed by atoms with Gasteiger partial charge in [0, 0.05) is 9.92 Å². The van der Waals surface area contributed by atoms with Crippen molar-refractivity contribution in [3.05, 3.63) is 52.2 Å². The van der Waals surface area contributed by atoms with Gasteiger partial charge in [-0.25, -0.2) is 0 Å². The fraction of sp³-hybridized carbons (Fsp3) is 0. The highest BCUT2D eigenvalue weighted by Gasteiger charge is 1.82. The smallest absolute Gasteiger partial charge is 0.0406 e. The standard InChI is InChI=1S/C6H5ClS.C4H4S/c7-5-1-3-6(8)4-2-5;1-2-4-5-3-1/h1-4,8H;1-4H.